The monoisotopic (exact) mass is 328 g/mol. The van der Waals surface area contributed by atoms with Crippen LogP contribution >= 0.6 is 0 Å². The number of carbonyl (C=O) groups excluding carboxylic acids is 1. The third-order valence-corrected chi connectivity index (χ3v) is 3.10. The van der Waals surface area contributed by atoms with Gasteiger partial charge < -0.3 is 9.40 Å². The third kappa shape index (κ3) is 2.88. The predicted octanol–water partition coefficient (Wildman–Crippen LogP) is 2.87. The fourth-order valence-electron chi connectivity index (χ4n) is 1.99. The first kappa shape index (κ1) is 15.1. The van der Waals surface area contributed by atoms with Gasteiger partial charge in [0.1, 0.15) is 10.7 Å². The van der Waals surface area contributed by atoms with E-state index in [1.54, 1.807) is 0 Å². The summed E-state index contributed by atoms with van der Waals surface area (Å²) in [6.07, 6.45) is 2.40. The zero-order chi connectivity index (χ0) is 17.3. The standard InChI is InChI=1S/C14H8N4O6/c19-12(5-2-9-3-6-13(24-9)18(22)23)14-15-10-4-1-8(17(20)21)7-11(10)16-14/h1-7H,(H,15,16)/b5-2+. The number of H-pyrrole nitrogens is 1. The van der Waals surface area contributed by atoms with Gasteiger partial charge in [-0.25, -0.2) is 4.98 Å². The van der Waals surface area contributed by atoms with Gasteiger partial charge in [0.05, 0.1) is 22.0 Å². The van der Waals surface area contributed by atoms with E-state index in [4.69, 9.17) is 4.42 Å². The average Bonchev–Trinajstić information content (AvgIpc) is 3.18. The van der Waals surface area contributed by atoms with Crippen LogP contribution in [0.1, 0.15) is 16.4 Å². The zero-order valence-corrected chi connectivity index (χ0v) is 11.8. The van der Waals surface area contributed by atoms with Crippen molar-refractivity contribution in [3.8, 4) is 0 Å². The number of fused-ring (bicyclic) bond motifs is 1. The smallest absolute Gasteiger partial charge is 0.401 e. The number of hydrogen-bond acceptors (Lipinski definition) is 7. The number of allylic oxidation sites excluding steroid dienone is 1. The Labute approximate surface area is 132 Å². The summed E-state index contributed by atoms with van der Waals surface area (Å²) >= 11 is 0. The van der Waals surface area contributed by atoms with E-state index >= 15 is 0 Å². The van der Waals surface area contributed by atoms with Gasteiger partial charge >= 0.3 is 5.88 Å². The van der Waals surface area contributed by atoms with Gasteiger partial charge in [0.15, 0.2) is 5.82 Å². The first-order valence-electron chi connectivity index (χ1n) is 6.55. The van der Waals surface area contributed by atoms with Gasteiger partial charge in [0, 0.05) is 12.1 Å². The number of aromatic amines is 1. The van der Waals surface area contributed by atoms with Crippen molar-refractivity contribution in [2.45, 2.75) is 0 Å². The molecular weight excluding hydrogens is 320 g/mol. The number of rotatable bonds is 5. The first-order chi connectivity index (χ1) is 11.4. The van der Waals surface area contributed by atoms with E-state index in [1.165, 1.54) is 36.4 Å². The second-order valence-corrected chi connectivity index (χ2v) is 4.67. The van der Waals surface area contributed by atoms with E-state index < -0.39 is 21.5 Å². The van der Waals surface area contributed by atoms with Gasteiger partial charge in [-0.1, -0.05) is 0 Å². The van der Waals surface area contributed by atoms with Crippen LogP contribution in [0.3, 0.4) is 0 Å². The summed E-state index contributed by atoms with van der Waals surface area (Å²) in [4.78, 5) is 38.8. The molecule has 3 rings (SSSR count). The van der Waals surface area contributed by atoms with Crippen molar-refractivity contribution in [1.82, 2.24) is 9.97 Å². The third-order valence-electron chi connectivity index (χ3n) is 3.10. The number of nitro benzene ring substituents is 1. The van der Waals surface area contributed by atoms with Gasteiger partial charge in [0.25, 0.3) is 5.69 Å². The minimum atomic E-state index is -0.689. The summed E-state index contributed by atoms with van der Waals surface area (Å²) in [5, 5.41) is 21.2. The molecule has 0 spiro atoms. The summed E-state index contributed by atoms with van der Waals surface area (Å²) in [5.41, 5.74) is 0.643. The van der Waals surface area contributed by atoms with E-state index in [-0.39, 0.29) is 17.3 Å². The number of non-ortho nitro benzene ring substituents is 1. The summed E-state index contributed by atoms with van der Waals surface area (Å²) in [7, 11) is 0. The Morgan fingerprint density at radius 1 is 1.17 bits per heavy atom. The molecule has 24 heavy (non-hydrogen) atoms. The number of hydrogen-bond donors (Lipinski definition) is 1. The van der Waals surface area contributed by atoms with Crippen LogP contribution in [0.25, 0.3) is 17.1 Å². The molecule has 0 saturated carbocycles. The van der Waals surface area contributed by atoms with E-state index in [2.05, 4.69) is 9.97 Å². The molecule has 0 unspecified atom stereocenters. The second-order valence-electron chi connectivity index (χ2n) is 4.67. The number of aromatic nitrogens is 2. The maximum atomic E-state index is 12.1. The highest BCUT2D eigenvalue weighted by atomic mass is 16.6. The summed E-state index contributed by atoms with van der Waals surface area (Å²) in [6, 6.07) is 6.52. The molecule has 0 aliphatic rings. The van der Waals surface area contributed by atoms with Crippen LogP contribution < -0.4 is 0 Å². The fourth-order valence-corrected chi connectivity index (χ4v) is 1.99. The summed E-state index contributed by atoms with van der Waals surface area (Å²) in [5.74, 6) is -0.810. The molecule has 0 saturated heterocycles. The van der Waals surface area contributed by atoms with Crippen molar-refractivity contribution >= 4 is 34.5 Å². The van der Waals surface area contributed by atoms with Crippen molar-refractivity contribution in [2.75, 3.05) is 0 Å². The minimum absolute atomic E-state index is 0.0113. The molecule has 10 nitrogen and oxygen atoms in total. The number of furan rings is 1. The molecule has 2 aromatic heterocycles. The molecule has 0 fully saturated rings. The van der Waals surface area contributed by atoms with Crippen molar-refractivity contribution < 1.29 is 19.1 Å². The lowest BCUT2D eigenvalue weighted by molar-refractivity contribution is -0.402. The molecule has 0 amide bonds. The second kappa shape index (κ2) is 5.76. The molecule has 0 aliphatic carbocycles. The molecule has 0 radical (unpaired) electrons. The highest BCUT2D eigenvalue weighted by Gasteiger charge is 2.13. The number of ketones is 1. The quantitative estimate of drug-likeness (QED) is 0.328. The number of benzene rings is 1. The predicted molar refractivity (Wildman–Crippen MR) is 81.5 cm³/mol. The Bertz CT molecular complexity index is 1000. The molecule has 2 heterocycles. The molecule has 3 aromatic rings. The maximum Gasteiger partial charge on any atom is 0.433 e. The zero-order valence-electron chi connectivity index (χ0n) is 11.8. The first-order valence-corrected chi connectivity index (χ1v) is 6.55. The minimum Gasteiger partial charge on any atom is -0.401 e. The van der Waals surface area contributed by atoms with E-state index in [1.807, 2.05) is 0 Å². The molecule has 120 valence electrons. The van der Waals surface area contributed by atoms with Crippen molar-refractivity contribution in [1.29, 1.82) is 0 Å². The van der Waals surface area contributed by atoms with Crippen LogP contribution in [0.5, 0.6) is 0 Å². The lowest BCUT2D eigenvalue weighted by atomic mass is 10.3. The number of nitrogens with one attached hydrogen (secondary N) is 1. The van der Waals surface area contributed by atoms with Crippen LogP contribution in [-0.2, 0) is 0 Å². The number of nitro groups is 2. The SMILES string of the molecule is O=C(/C=C/c1ccc([N+](=O)[O-])o1)c1nc2ccc([N+](=O)[O-])cc2[nH]1. The number of imidazole rings is 1. The highest BCUT2D eigenvalue weighted by molar-refractivity contribution is 6.05. The topological polar surface area (TPSA) is 145 Å². The van der Waals surface area contributed by atoms with Crippen LogP contribution in [-0.4, -0.2) is 25.6 Å². The van der Waals surface area contributed by atoms with Gasteiger partial charge in [-0.15, -0.1) is 0 Å². The number of nitrogens with zero attached hydrogens (tertiary/aromatic N) is 3. The molecule has 1 N–H and O–H groups in total. The normalized spacial score (nSPS) is 11.2. The van der Waals surface area contributed by atoms with E-state index in [0.717, 1.165) is 6.08 Å². The number of carbonyl (C=O) groups is 1. The maximum absolute atomic E-state index is 12.1. The van der Waals surface area contributed by atoms with E-state index in [9.17, 15) is 25.0 Å². The largest absolute Gasteiger partial charge is 0.433 e. The Morgan fingerprint density at radius 3 is 2.62 bits per heavy atom. The Kier molecular flexibility index (Phi) is 3.62. The van der Waals surface area contributed by atoms with Crippen LogP contribution in [0.15, 0.2) is 40.8 Å². The van der Waals surface area contributed by atoms with Crippen molar-refractivity contribution in [3.05, 3.63) is 68.2 Å². The van der Waals surface area contributed by atoms with Gasteiger partial charge in [-0.3, -0.25) is 25.0 Å². The summed E-state index contributed by atoms with van der Waals surface area (Å²) in [6.45, 7) is 0. The molecule has 1 aromatic carbocycles. The summed E-state index contributed by atoms with van der Waals surface area (Å²) < 4.78 is 4.89. The van der Waals surface area contributed by atoms with Crippen molar-refractivity contribution in [2.24, 2.45) is 0 Å². The highest BCUT2D eigenvalue weighted by Crippen LogP contribution is 2.20. The van der Waals surface area contributed by atoms with Crippen LogP contribution in [0.2, 0.25) is 0 Å². The Morgan fingerprint density at radius 2 is 1.96 bits per heavy atom. The van der Waals surface area contributed by atoms with Gasteiger partial charge in [0.2, 0.25) is 5.78 Å². The molecular formula is C14H8N4O6. The van der Waals surface area contributed by atoms with Crippen LogP contribution in [0.4, 0.5) is 11.6 Å². The molecule has 0 aliphatic heterocycles. The van der Waals surface area contributed by atoms with Gasteiger partial charge in [-0.2, -0.15) is 0 Å². The van der Waals surface area contributed by atoms with Gasteiger partial charge in [-0.05, 0) is 24.3 Å². The molecule has 10 heteroatoms. The lowest BCUT2D eigenvalue weighted by Gasteiger charge is -1.89. The Balaban J connectivity index is 1.83. The van der Waals surface area contributed by atoms with Crippen LogP contribution in [0, 0.1) is 20.2 Å². The fraction of sp³-hybridized carbons (Fsp3) is 0. The molecule has 0 bridgehead atoms. The average molecular weight is 328 g/mol. The molecule has 0 atom stereocenters. The Hall–Kier alpha value is -3.82. The van der Waals surface area contributed by atoms with E-state index in [0.29, 0.717) is 11.0 Å². The lowest BCUT2D eigenvalue weighted by Crippen LogP contribution is -1.96. The van der Waals surface area contributed by atoms with Crippen molar-refractivity contribution in [3.63, 3.8) is 0 Å².